The molecular formula is C19H19NO3S. The zero-order valence-electron chi connectivity index (χ0n) is 13.6. The summed E-state index contributed by atoms with van der Waals surface area (Å²) in [6.07, 6.45) is 5.37. The van der Waals surface area contributed by atoms with Gasteiger partial charge in [0.15, 0.2) is 12.4 Å². The van der Waals surface area contributed by atoms with Crippen LogP contribution in [0.5, 0.6) is 5.75 Å². The van der Waals surface area contributed by atoms with Crippen molar-refractivity contribution in [2.75, 3.05) is 19.9 Å². The number of hydrogen-bond donors (Lipinski definition) is 1. The molecule has 5 heteroatoms. The van der Waals surface area contributed by atoms with Crippen LogP contribution in [0.4, 0.5) is 0 Å². The Hall–Kier alpha value is -2.53. The third-order valence-electron chi connectivity index (χ3n) is 3.33. The molecule has 0 unspecified atom stereocenters. The van der Waals surface area contributed by atoms with Crippen molar-refractivity contribution in [3.8, 4) is 5.75 Å². The van der Waals surface area contributed by atoms with E-state index in [9.17, 15) is 9.59 Å². The molecule has 0 saturated carbocycles. The van der Waals surface area contributed by atoms with Gasteiger partial charge in [0.25, 0.3) is 5.91 Å². The lowest BCUT2D eigenvalue weighted by molar-refractivity contribution is -0.122. The summed E-state index contributed by atoms with van der Waals surface area (Å²) in [5, 5.41) is 2.48. The molecule has 0 spiro atoms. The normalized spacial score (nSPS) is 10.6. The zero-order valence-corrected chi connectivity index (χ0v) is 14.4. The maximum atomic E-state index is 12.2. The van der Waals surface area contributed by atoms with Gasteiger partial charge in [-0.3, -0.25) is 9.59 Å². The third-order valence-corrected chi connectivity index (χ3v) is 4.07. The maximum Gasteiger partial charge on any atom is 0.257 e. The Balaban J connectivity index is 1.96. The lowest BCUT2D eigenvalue weighted by atomic mass is 10.1. The average molecular weight is 341 g/mol. The van der Waals surface area contributed by atoms with Crippen LogP contribution < -0.4 is 10.1 Å². The first-order valence-electron chi connectivity index (χ1n) is 7.42. The minimum absolute atomic E-state index is 0.0459. The van der Waals surface area contributed by atoms with E-state index in [-0.39, 0.29) is 18.3 Å². The van der Waals surface area contributed by atoms with Crippen LogP contribution in [0.1, 0.15) is 15.9 Å². The van der Waals surface area contributed by atoms with Gasteiger partial charge >= 0.3 is 0 Å². The summed E-state index contributed by atoms with van der Waals surface area (Å²) < 4.78 is 5.30. The summed E-state index contributed by atoms with van der Waals surface area (Å²) >= 11 is 1.68. The number of hydrogen-bond acceptors (Lipinski definition) is 4. The fraction of sp³-hybridized carbons (Fsp3) is 0.158. The van der Waals surface area contributed by atoms with Crippen LogP contribution in [0.3, 0.4) is 0 Å². The molecule has 4 nitrogen and oxygen atoms in total. The van der Waals surface area contributed by atoms with Gasteiger partial charge in [-0.15, -0.1) is 11.8 Å². The van der Waals surface area contributed by atoms with Gasteiger partial charge < -0.3 is 10.1 Å². The summed E-state index contributed by atoms with van der Waals surface area (Å²) in [6, 6.07) is 14.7. The number of amides is 1. The molecule has 1 amide bonds. The van der Waals surface area contributed by atoms with E-state index in [1.807, 2.05) is 30.5 Å². The molecular weight excluding hydrogens is 322 g/mol. The van der Waals surface area contributed by atoms with Crippen LogP contribution in [0.2, 0.25) is 0 Å². The van der Waals surface area contributed by atoms with E-state index in [1.165, 1.54) is 4.90 Å². The molecule has 24 heavy (non-hydrogen) atoms. The molecule has 1 N–H and O–H groups in total. The lowest BCUT2D eigenvalue weighted by Gasteiger charge is -2.05. The van der Waals surface area contributed by atoms with E-state index < -0.39 is 0 Å². The van der Waals surface area contributed by atoms with Gasteiger partial charge in [0.2, 0.25) is 0 Å². The minimum atomic E-state index is -0.203. The molecule has 2 rings (SSSR count). The number of nitrogens with one attached hydrogen (secondary N) is 1. The van der Waals surface area contributed by atoms with Crippen molar-refractivity contribution in [1.29, 1.82) is 0 Å². The number of benzene rings is 2. The number of carbonyl (C=O) groups excluding carboxylic acids is 2. The first-order chi connectivity index (χ1) is 11.6. The SMILES string of the molecule is CNC(=O)COc1ccc(C(=O)/C=C/c2ccc(SC)cc2)cc1. The van der Waals surface area contributed by atoms with Crippen LogP contribution in [-0.4, -0.2) is 31.6 Å². The first-order valence-corrected chi connectivity index (χ1v) is 8.65. The highest BCUT2D eigenvalue weighted by Gasteiger charge is 2.04. The Kier molecular flexibility index (Phi) is 6.63. The van der Waals surface area contributed by atoms with Crippen molar-refractivity contribution < 1.29 is 14.3 Å². The molecule has 0 aliphatic heterocycles. The first kappa shape index (κ1) is 17.8. The molecule has 2 aromatic carbocycles. The van der Waals surface area contributed by atoms with Gasteiger partial charge in [-0.1, -0.05) is 18.2 Å². The maximum absolute atomic E-state index is 12.2. The number of ether oxygens (including phenoxy) is 1. The smallest absolute Gasteiger partial charge is 0.257 e. The number of carbonyl (C=O) groups is 2. The van der Waals surface area contributed by atoms with Crippen LogP contribution in [0, 0.1) is 0 Å². The molecule has 0 heterocycles. The van der Waals surface area contributed by atoms with Crippen molar-refractivity contribution in [2.24, 2.45) is 0 Å². The minimum Gasteiger partial charge on any atom is -0.484 e. The highest BCUT2D eigenvalue weighted by atomic mass is 32.2. The molecule has 0 bridgehead atoms. The Morgan fingerprint density at radius 3 is 2.33 bits per heavy atom. The predicted octanol–water partition coefficient (Wildman–Crippen LogP) is 3.43. The predicted molar refractivity (Wildman–Crippen MR) is 97.6 cm³/mol. The van der Waals surface area contributed by atoms with Crippen molar-refractivity contribution in [2.45, 2.75) is 4.90 Å². The van der Waals surface area contributed by atoms with Gasteiger partial charge in [0, 0.05) is 17.5 Å². The summed E-state index contributed by atoms with van der Waals surface area (Å²) in [5.41, 5.74) is 1.55. The van der Waals surface area contributed by atoms with Gasteiger partial charge in [-0.2, -0.15) is 0 Å². The Morgan fingerprint density at radius 1 is 1.08 bits per heavy atom. The summed E-state index contributed by atoms with van der Waals surface area (Å²) in [6.45, 7) is -0.0459. The second kappa shape index (κ2) is 8.93. The molecule has 0 aromatic heterocycles. The number of ketones is 1. The monoisotopic (exact) mass is 341 g/mol. The summed E-state index contributed by atoms with van der Waals surface area (Å²) in [7, 11) is 1.55. The van der Waals surface area contributed by atoms with Crippen LogP contribution in [-0.2, 0) is 4.79 Å². The Morgan fingerprint density at radius 2 is 1.75 bits per heavy atom. The second-order valence-electron chi connectivity index (χ2n) is 4.96. The van der Waals surface area contributed by atoms with Crippen LogP contribution in [0.25, 0.3) is 6.08 Å². The van der Waals surface area contributed by atoms with E-state index >= 15 is 0 Å². The highest BCUT2D eigenvalue weighted by Crippen LogP contribution is 2.16. The summed E-state index contributed by atoms with van der Waals surface area (Å²) in [4.78, 5) is 24.5. The van der Waals surface area contributed by atoms with E-state index in [0.717, 1.165) is 5.56 Å². The largest absolute Gasteiger partial charge is 0.484 e. The van der Waals surface area contributed by atoms with Gasteiger partial charge in [-0.25, -0.2) is 0 Å². The van der Waals surface area contributed by atoms with Crippen molar-refractivity contribution >= 4 is 29.5 Å². The van der Waals surface area contributed by atoms with Crippen molar-refractivity contribution in [3.05, 3.63) is 65.7 Å². The number of allylic oxidation sites excluding steroid dienone is 1. The highest BCUT2D eigenvalue weighted by molar-refractivity contribution is 7.98. The molecule has 0 saturated heterocycles. The van der Waals surface area contributed by atoms with Gasteiger partial charge in [0.05, 0.1) is 0 Å². The fourth-order valence-electron chi connectivity index (χ4n) is 1.92. The number of likely N-dealkylation sites (N-methyl/N-ethyl adjacent to an activating group) is 1. The fourth-order valence-corrected chi connectivity index (χ4v) is 2.33. The van der Waals surface area contributed by atoms with Crippen molar-refractivity contribution in [3.63, 3.8) is 0 Å². The van der Waals surface area contributed by atoms with Crippen LogP contribution >= 0.6 is 11.8 Å². The Labute approximate surface area is 145 Å². The standard InChI is InChI=1S/C19H19NO3S/c1-20-19(22)13-23-16-8-6-15(7-9-16)18(21)12-5-14-3-10-17(24-2)11-4-14/h3-12H,13H2,1-2H3,(H,20,22)/b12-5+. The zero-order chi connectivity index (χ0) is 17.4. The quantitative estimate of drug-likeness (QED) is 0.476. The Bertz CT molecular complexity index is 721. The van der Waals surface area contributed by atoms with Crippen molar-refractivity contribution in [1.82, 2.24) is 5.32 Å². The summed E-state index contributed by atoms with van der Waals surface area (Å²) in [5.74, 6) is 0.263. The van der Waals surface area contributed by atoms with Crippen LogP contribution in [0.15, 0.2) is 59.5 Å². The molecule has 124 valence electrons. The molecule has 2 aromatic rings. The average Bonchev–Trinajstić information content (AvgIpc) is 2.64. The molecule has 0 fully saturated rings. The van der Waals surface area contributed by atoms with E-state index in [2.05, 4.69) is 5.32 Å². The lowest BCUT2D eigenvalue weighted by Crippen LogP contribution is -2.24. The molecule has 0 aliphatic rings. The van der Waals surface area contributed by atoms with Gasteiger partial charge in [0.1, 0.15) is 5.75 Å². The molecule has 0 radical (unpaired) electrons. The van der Waals surface area contributed by atoms with E-state index in [1.54, 1.807) is 55.2 Å². The third kappa shape index (κ3) is 5.28. The second-order valence-corrected chi connectivity index (χ2v) is 5.84. The van der Waals surface area contributed by atoms with Gasteiger partial charge in [-0.05, 0) is 54.3 Å². The number of rotatable bonds is 7. The molecule has 0 aliphatic carbocycles. The molecule has 0 atom stereocenters. The number of thioether (sulfide) groups is 1. The topological polar surface area (TPSA) is 55.4 Å². The van der Waals surface area contributed by atoms with E-state index in [4.69, 9.17) is 4.74 Å². The van der Waals surface area contributed by atoms with E-state index in [0.29, 0.717) is 11.3 Å².